The molecule has 166 valence electrons. The molecule has 0 aliphatic rings. The third kappa shape index (κ3) is 4.58. The average Bonchev–Trinajstić information content (AvgIpc) is 3.33. The van der Waals surface area contributed by atoms with Gasteiger partial charge in [0.1, 0.15) is 5.75 Å². The lowest BCUT2D eigenvalue weighted by molar-refractivity contribution is -0.139. The van der Waals surface area contributed by atoms with Gasteiger partial charge < -0.3 is 14.4 Å². The molecule has 0 aliphatic heterocycles. The summed E-state index contributed by atoms with van der Waals surface area (Å²) in [6, 6.07) is 12.0. The Labute approximate surface area is 180 Å². The molecule has 2 heterocycles. The first-order chi connectivity index (χ1) is 15.2. The first kappa shape index (κ1) is 21.4. The second-order valence-electron chi connectivity index (χ2n) is 7.23. The van der Waals surface area contributed by atoms with Crippen molar-refractivity contribution in [1.29, 1.82) is 0 Å². The Morgan fingerprint density at radius 3 is 2.53 bits per heavy atom. The third-order valence-electron chi connectivity index (χ3n) is 5.00. The van der Waals surface area contributed by atoms with Gasteiger partial charge in [-0.3, -0.25) is 0 Å². The Morgan fingerprint density at radius 1 is 1.09 bits per heavy atom. The molecule has 0 fully saturated rings. The molecule has 10 heteroatoms. The molecule has 0 bridgehead atoms. The second-order valence-corrected chi connectivity index (χ2v) is 7.23. The topological polar surface area (TPSA) is 82.2 Å². The summed E-state index contributed by atoms with van der Waals surface area (Å²) in [6.45, 7) is 1.96. The van der Waals surface area contributed by atoms with Crippen LogP contribution in [0.25, 0.3) is 16.6 Å². The molecule has 0 amide bonds. The maximum atomic E-state index is 12.8. The van der Waals surface area contributed by atoms with Crippen molar-refractivity contribution in [2.45, 2.75) is 26.1 Å². The van der Waals surface area contributed by atoms with E-state index in [1.807, 2.05) is 22.9 Å². The van der Waals surface area contributed by atoms with Crippen LogP contribution in [0.1, 0.15) is 17.0 Å². The van der Waals surface area contributed by atoms with Crippen LogP contribution in [0.4, 0.5) is 13.2 Å². The molecule has 32 heavy (non-hydrogen) atoms. The molecule has 0 aliphatic carbocycles. The van der Waals surface area contributed by atoms with E-state index >= 15 is 0 Å². The lowest BCUT2D eigenvalue weighted by Crippen LogP contribution is -2.09. The van der Waals surface area contributed by atoms with Gasteiger partial charge in [0.15, 0.2) is 6.61 Å². The largest absolute Gasteiger partial charge is 0.482 e. The van der Waals surface area contributed by atoms with E-state index in [4.69, 9.17) is 9.84 Å². The van der Waals surface area contributed by atoms with E-state index < -0.39 is 24.3 Å². The minimum Gasteiger partial charge on any atom is -0.482 e. The summed E-state index contributed by atoms with van der Waals surface area (Å²) < 4.78 is 45.5. The van der Waals surface area contributed by atoms with Crippen LogP contribution in [0.2, 0.25) is 0 Å². The van der Waals surface area contributed by atoms with Crippen molar-refractivity contribution in [2.75, 3.05) is 6.61 Å². The van der Waals surface area contributed by atoms with Crippen LogP contribution in [0.5, 0.6) is 5.75 Å². The van der Waals surface area contributed by atoms with Crippen molar-refractivity contribution in [3.63, 3.8) is 0 Å². The van der Waals surface area contributed by atoms with E-state index in [9.17, 15) is 18.0 Å². The highest BCUT2D eigenvalue weighted by Gasteiger charge is 2.30. The van der Waals surface area contributed by atoms with Crippen LogP contribution in [0, 0.1) is 6.92 Å². The van der Waals surface area contributed by atoms with Crippen molar-refractivity contribution in [1.82, 2.24) is 19.6 Å². The van der Waals surface area contributed by atoms with Gasteiger partial charge in [-0.2, -0.15) is 28.2 Å². The Kier molecular flexibility index (Phi) is 5.60. The number of carbonyl (C=O) groups is 1. The molecule has 0 saturated heterocycles. The summed E-state index contributed by atoms with van der Waals surface area (Å²) in [4.78, 5) is 12.0. The molecule has 0 saturated carbocycles. The molecular weight excluding hydrogens is 425 g/mol. The van der Waals surface area contributed by atoms with E-state index in [2.05, 4.69) is 10.2 Å². The number of fused-ring (bicyclic) bond motifs is 1. The summed E-state index contributed by atoms with van der Waals surface area (Å²) in [7, 11) is 0. The molecule has 0 atom stereocenters. The number of rotatable bonds is 7. The molecule has 4 rings (SSSR count). The van der Waals surface area contributed by atoms with E-state index in [-0.39, 0.29) is 0 Å². The van der Waals surface area contributed by atoms with Gasteiger partial charge in [-0.05, 0) is 54.8 Å². The third-order valence-corrected chi connectivity index (χ3v) is 5.00. The molecular formula is C22H19F3N4O3. The number of nitrogens with zero attached hydrogens (tertiary/aromatic N) is 4. The quantitative estimate of drug-likeness (QED) is 0.461. The highest BCUT2D eigenvalue weighted by atomic mass is 19.4. The summed E-state index contributed by atoms with van der Waals surface area (Å²) in [5, 5.41) is 18.5. The molecule has 0 spiro atoms. The van der Waals surface area contributed by atoms with Gasteiger partial charge in [-0.1, -0.05) is 0 Å². The van der Waals surface area contributed by atoms with E-state index in [0.29, 0.717) is 30.1 Å². The smallest absolute Gasteiger partial charge is 0.416 e. The number of hydrogen-bond donors (Lipinski definition) is 1. The van der Waals surface area contributed by atoms with Crippen molar-refractivity contribution >= 4 is 16.9 Å². The van der Waals surface area contributed by atoms with Crippen LogP contribution in [0.3, 0.4) is 0 Å². The Morgan fingerprint density at radius 2 is 1.84 bits per heavy atom. The zero-order valence-electron chi connectivity index (χ0n) is 17.0. The molecule has 1 N–H and O–H groups in total. The van der Waals surface area contributed by atoms with Crippen LogP contribution < -0.4 is 4.74 Å². The average molecular weight is 444 g/mol. The molecule has 7 nitrogen and oxygen atoms in total. The minimum atomic E-state index is -4.39. The summed E-state index contributed by atoms with van der Waals surface area (Å²) in [6.07, 6.45) is -1.92. The van der Waals surface area contributed by atoms with E-state index in [1.54, 1.807) is 19.1 Å². The lowest BCUT2D eigenvalue weighted by atomic mass is 10.2. The van der Waals surface area contributed by atoms with Crippen molar-refractivity contribution in [2.24, 2.45) is 0 Å². The number of aliphatic carboxylic acids is 1. The van der Waals surface area contributed by atoms with Gasteiger partial charge >= 0.3 is 12.1 Å². The predicted octanol–water partition coefficient (Wildman–Crippen LogP) is 4.26. The summed E-state index contributed by atoms with van der Waals surface area (Å²) >= 11 is 0. The first-order valence-electron chi connectivity index (χ1n) is 9.74. The molecule has 0 unspecified atom stereocenters. The van der Waals surface area contributed by atoms with Gasteiger partial charge in [0.2, 0.25) is 0 Å². The standard InChI is InChI=1S/C22H19F3N4O3/c1-14-19(27-29(26-14)17-5-3-16(4-6-17)22(23,24)25)9-11-28-10-8-15-2-7-18(12-20(15)28)32-13-21(30)31/h2-8,10,12H,9,11,13H2,1H3,(H,30,31). The molecule has 2 aromatic carbocycles. The number of ether oxygens (including phenoxy) is 1. The van der Waals surface area contributed by atoms with Crippen molar-refractivity contribution < 1.29 is 27.8 Å². The number of carboxylic acid groups (broad SMARTS) is 1. The fourth-order valence-electron chi connectivity index (χ4n) is 3.36. The maximum Gasteiger partial charge on any atom is 0.416 e. The fraction of sp³-hybridized carbons (Fsp3) is 0.227. The Balaban J connectivity index is 1.50. The SMILES string of the molecule is Cc1nn(-c2ccc(C(F)(F)F)cc2)nc1CCn1ccc2ccc(OCC(=O)O)cc21. The van der Waals surface area contributed by atoms with Gasteiger partial charge in [0.05, 0.1) is 28.2 Å². The normalized spacial score (nSPS) is 11.8. The van der Waals surface area contributed by atoms with E-state index in [0.717, 1.165) is 28.7 Å². The highest BCUT2D eigenvalue weighted by molar-refractivity contribution is 5.81. The van der Waals surface area contributed by atoms with Crippen molar-refractivity contribution in [3.05, 3.63) is 71.7 Å². The lowest BCUT2D eigenvalue weighted by Gasteiger charge is -2.07. The zero-order valence-corrected chi connectivity index (χ0v) is 17.0. The summed E-state index contributed by atoms with van der Waals surface area (Å²) in [5.41, 5.74) is 2.02. The highest BCUT2D eigenvalue weighted by Crippen LogP contribution is 2.29. The predicted molar refractivity (Wildman–Crippen MR) is 110 cm³/mol. The van der Waals surface area contributed by atoms with E-state index in [1.165, 1.54) is 16.9 Å². The molecule has 0 radical (unpaired) electrons. The van der Waals surface area contributed by atoms with Crippen LogP contribution >= 0.6 is 0 Å². The second kappa shape index (κ2) is 8.37. The fourth-order valence-corrected chi connectivity index (χ4v) is 3.36. The van der Waals surface area contributed by atoms with Gasteiger partial charge in [0, 0.05) is 25.2 Å². The first-order valence-corrected chi connectivity index (χ1v) is 9.74. The van der Waals surface area contributed by atoms with Crippen LogP contribution in [-0.4, -0.2) is 37.2 Å². The monoisotopic (exact) mass is 444 g/mol. The molecule has 4 aromatic rings. The Hall–Kier alpha value is -3.82. The number of carboxylic acids is 1. The van der Waals surface area contributed by atoms with Crippen LogP contribution in [0.15, 0.2) is 54.7 Å². The van der Waals surface area contributed by atoms with Gasteiger partial charge in [-0.25, -0.2) is 4.79 Å². The maximum absolute atomic E-state index is 12.8. The Bertz CT molecular complexity index is 1260. The zero-order chi connectivity index (χ0) is 22.9. The summed E-state index contributed by atoms with van der Waals surface area (Å²) in [5.74, 6) is -0.587. The minimum absolute atomic E-state index is 0.418. The number of aryl methyl sites for hydroxylation is 3. The van der Waals surface area contributed by atoms with Crippen LogP contribution in [-0.2, 0) is 23.9 Å². The number of aromatic nitrogens is 4. The number of alkyl halides is 3. The molecule has 2 aromatic heterocycles. The number of halogens is 3. The van der Waals surface area contributed by atoms with Crippen molar-refractivity contribution in [3.8, 4) is 11.4 Å². The van der Waals surface area contributed by atoms with Gasteiger partial charge in [0.25, 0.3) is 0 Å². The van der Waals surface area contributed by atoms with Gasteiger partial charge in [-0.15, -0.1) is 0 Å². The number of benzene rings is 2. The number of hydrogen-bond acceptors (Lipinski definition) is 4.